The largest absolute Gasteiger partial charge is 0.312 e. The lowest BCUT2D eigenvalue weighted by Crippen LogP contribution is -2.02. The predicted molar refractivity (Wildman–Crippen MR) is 39.9 cm³/mol. The van der Waals surface area contributed by atoms with Crippen molar-refractivity contribution in [3.63, 3.8) is 0 Å². The Hall–Kier alpha value is -0.810. The van der Waals surface area contributed by atoms with Gasteiger partial charge in [-0.3, -0.25) is 0 Å². The van der Waals surface area contributed by atoms with Crippen LogP contribution in [0.5, 0.6) is 0 Å². The van der Waals surface area contributed by atoms with Gasteiger partial charge in [0.05, 0.1) is 12.0 Å². The van der Waals surface area contributed by atoms with Crippen LogP contribution in [0.3, 0.4) is 0 Å². The van der Waals surface area contributed by atoms with Crippen LogP contribution in [0.15, 0.2) is 10.6 Å². The molecule has 2 unspecified atom stereocenters. The second-order valence-corrected chi connectivity index (χ2v) is 2.74. The highest BCUT2D eigenvalue weighted by Crippen LogP contribution is 2.46. The second-order valence-electron chi connectivity index (χ2n) is 2.33. The molecule has 1 aliphatic rings. The summed E-state index contributed by atoms with van der Waals surface area (Å²) in [6.07, 6.45) is 1.14. The lowest BCUT2D eigenvalue weighted by Gasteiger charge is -1.97. The Kier molecular flexibility index (Phi) is 1.78. The number of nitrogens with zero attached hydrogens (tertiary/aromatic N) is 1. The molecule has 0 saturated carbocycles. The van der Waals surface area contributed by atoms with Crippen LogP contribution >= 0.6 is 11.6 Å². The van der Waals surface area contributed by atoms with Crippen LogP contribution in [0, 0.1) is 28.6 Å². The fraction of sp³-hybridized carbons (Fsp3) is 0.429. The van der Waals surface area contributed by atoms with E-state index in [0.29, 0.717) is 0 Å². The molecule has 0 radical (unpaired) electrons. The molecule has 0 aromatic rings. The first-order valence-electron chi connectivity index (χ1n) is 2.98. The van der Waals surface area contributed by atoms with Gasteiger partial charge in [-0.2, -0.15) is 5.26 Å². The van der Waals surface area contributed by atoms with E-state index in [1.54, 1.807) is 0 Å². The Morgan fingerprint density at radius 2 is 2.40 bits per heavy atom. The van der Waals surface area contributed by atoms with E-state index in [0.717, 1.165) is 16.8 Å². The highest BCUT2D eigenvalue weighted by molar-refractivity contribution is 6.33. The summed E-state index contributed by atoms with van der Waals surface area (Å²) < 4.78 is 0. The molecule has 10 heavy (non-hydrogen) atoms. The van der Waals surface area contributed by atoms with Crippen molar-refractivity contribution in [2.45, 2.75) is 6.92 Å². The highest BCUT2D eigenvalue weighted by Gasteiger charge is 2.37. The van der Waals surface area contributed by atoms with E-state index in [-0.39, 0.29) is 11.8 Å². The third-order valence-corrected chi connectivity index (χ3v) is 2.25. The molecular formula is C7H7ClN2. The molecule has 0 spiro atoms. The second kappa shape index (κ2) is 2.43. The molecule has 0 aromatic carbocycles. The Morgan fingerprint density at radius 3 is 2.50 bits per heavy atom. The van der Waals surface area contributed by atoms with Gasteiger partial charge in [0.15, 0.2) is 0 Å². The molecule has 0 amide bonds. The van der Waals surface area contributed by atoms with E-state index in [4.69, 9.17) is 22.3 Å². The Labute approximate surface area is 64.6 Å². The van der Waals surface area contributed by atoms with Gasteiger partial charge >= 0.3 is 0 Å². The number of allylic oxidation sites excluding steroid dienone is 2. The molecule has 0 saturated heterocycles. The summed E-state index contributed by atoms with van der Waals surface area (Å²) in [6.45, 7) is 1.89. The molecule has 0 heterocycles. The molecule has 2 nitrogen and oxygen atoms in total. The SMILES string of the molecule is CC1=C(Cl)C1C(C#N)C=N. The van der Waals surface area contributed by atoms with Gasteiger partial charge in [0, 0.05) is 17.2 Å². The van der Waals surface area contributed by atoms with Crippen LogP contribution in [0.1, 0.15) is 6.92 Å². The standard InChI is InChI=1S/C7H7ClN2/c1-4-6(7(4)8)5(2-9)3-10/h2,5-6,9H,1H3. The van der Waals surface area contributed by atoms with Gasteiger partial charge in [0.25, 0.3) is 0 Å². The summed E-state index contributed by atoms with van der Waals surface area (Å²) in [5, 5.41) is 16.1. The third-order valence-electron chi connectivity index (χ3n) is 1.72. The molecule has 3 heteroatoms. The highest BCUT2D eigenvalue weighted by atomic mass is 35.5. The average molecular weight is 155 g/mol. The van der Waals surface area contributed by atoms with Crippen molar-refractivity contribution in [2.75, 3.05) is 0 Å². The van der Waals surface area contributed by atoms with Crippen LogP contribution in [-0.4, -0.2) is 6.21 Å². The van der Waals surface area contributed by atoms with Crippen molar-refractivity contribution < 1.29 is 0 Å². The van der Waals surface area contributed by atoms with Gasteiger partial charge < -0.3 is 5.41 Å². The number of hydrogen-bond acceptors (Lipinski definition) is 2. The lowest BCUT2D eigenvalue weighted by atomic mass is 10.0. The first kappa shape index (κ1) is 7.30. The summed E-state index contributed by atoms with van der Waals surface area (Å²) in [4.78, 5) is 0. The number of hydrogen-bond donors (Lipinski definition) is 1. The first-order chi connectivity index (χ1) is 4.72. The first-order valence-corrected chi connectivity index (χ1v) is 3.36. The van der Waals surface area contributed by atoms with Crippen molar-refractivity contribution in [3.8, 4) is 6.07 Å². The Morgan fingerprint density at radius 1 is 1.90 bits per heavy atom. The van der Waals surface area contributed by atoms with E-state index in [9.17, 15) is 0 Å². The molecule has 2 atom stereocenters. The fourth-order valence-corrected chi connectivity index (χ4v) is 1.31. The smallest absolute Gasteiger partial charge is 0.0923 e. The van der Waals surface area contributed by atoms with Gasteiger partial charge in [0.1, 0.15) is 0 Å². The minimum absolute atomic E-state index is 0.0594. The molecule has 0 bridgehead atoms. The van der Waals surface area contributed by atoms with Gasteiger partial charge in [-0.25, -0.2) is 0 Å². The average Bonchev–Trinajstić information content (AvgIpc) is 2.49. The van der Waals surface area contributed by atoms with Crippen LogP contribution in [0.25, 0.3) is 0 Å². The third kappa shape index (κ3) is 0.932. The molecule has 1 aliphatic carbocycles. The van der Waals surface area contributed by atoms with E-state index >= 15 is 0 Å². The quantitative estimate of drug-likeness (QED) is 0.607. The topological polar surface area (TPSA) is 47.6 Å². The molecule has 52 valence electrons. The maximum atomic E-state index is 8.49. The zero-order valence-corrected chi connectivity index (χ0v) is 6.31. The maximum absolute atomic E-state index is 8.49. The molecular weight excluding hydrogens is 148 g/mol. The van der Waals surface area contributed by atoms with E-state index in [2.05, 4.69) is 0 Å². The number of nitriles is 1. The number of nitrogens with one attached hydrogen (secondary N) is 1. The number of rotatable bonds is 2. The van der Waals surface area contributed by atoms with Gasteiger partial charge in [0.2, 0.25) is 0 Å². The lowest BCUT2D eigenvalue weighted by molar-refractivity contribution is 0.786. The van der Waals surface area contributed by atoms with Crippen LogP contribution in [0.2, 0.25) is 0 Å². The van der Waals surface area contributed by atoms with Gasteiger partial charge in [-0.05, 0) is 12.5 Å². The van der Waals surface area contributed by atoms with Gasteiger partial charge in [-0.15, -0.1) is 0 Å². The summed E-state index contributed by atoms with van der Waals surface area (Å²) in [6, 6.07) is 2.01. The summed E-state index contributed by atoms with van der Waals surface area (Å²) in [5.41, 5.74) is 1.05. The zero-order valence-electron chi connectivity index (χ0n) is 5.56. The van der Waals surface area contributed by atoms with E-state index in [1.807, 2.05) is 13.0 Å². The summed E-state index contributed by atoms with van der Waals surface area (Å²) in [7, 11) is 0. The van der Waals surface area contributed by atoms with Gasteiger partial charge in [-0.1, -0.05) is 11.6 Å². The monoisotopic (exact) mass is 154 g/mol. The molecule has 0 aromatic heterocycles. The Balaban J connectivity index is 2.57. The Bertz CT molecular complexity index is 224. The van der Waals surface area contributed by atoms with Crippen molar-refractivity contribution in [1.82, 2.24) is 0 Å². The van der Waals surface area contributed by atoms with Crippen LogP contribution < -0.4 is 0 Å². The van der Waals surface area contributed by atoms with Crippen molar-refractivity contribution in [3.05, 3.63) is 10.6 Å². The van der Waals surface area contributed by atoms with Crippen molar-refractivity contribution in [2.24, 2.45) is 11.8 Å². The minimum atomic E-state index is -0.340. The fourth-order valence-electron chi connectivity index (χ4n) is 0.952. The molecule has 1 N–H and O–H groups in total. The molecule has 1 rings (SSSR count). The number of halogens is 1. The van der Waals surface area contributed by atoms with Crippen LogP contribution in [-0.2, 0) is 0 Å². The summed E-state index contributed by atoms with van der Waals surface area (Å²) in [5.74, 6) is -0.281. The zero-order chi connectivity index (χ0) is 7.72. The summed E-state index contributed by atoms with van der Waals surface area (Å²) >= 11 is 5.68. The van der Waals surface area contributed by atoms with Crippen molar-refractivity contribution in [1.29, 1.82) is 10.7 Å². The maximum Gasteiger partial charge on any atom is 0.0923 e. The normalized spacial score (nSPS) is 25.5. The molecule has 0 aliphatic heterocycles. The minimum Gasteiger partial charge on any atom is -0.312 e. The van der Waals surface area contributed by atoms with Crippen LogP contribution in [0.4, 0.5) is 0 Å². The predicted octanol–water partition coefficient (Wildman–Crippen LogP) is 1.92. The van der Waals surface area contributed by atoms with E-state index in [1.165, 1.54) is 0 Å². The van der Waals surface area contributed by atoms with E-state index < -0.39 is 0 Å². The molecule has 0 fully saturated rings. The van der Waals surface area contributed by atoms with Crippen molar-refractivity contribution >= 4 is 17.8 Å².